The molecular formula is C4H7ClNOS+. The molecule has 4 heteroatoms. The highest BCUT2D eigenvalue weighted by Crippen LogP contribution is 2.18. The molecule has 0 aliphatic carbocycles. The smallest absolute Gasteiger partial charge is 0.269 e. The van der Waals surface area contributed by atoms with Crippen LogP contribution >= 0.6 is 10.7 Å². The summed E-state index contributed by atoms with van der Waals surface area (Å²) in [7, 11) is 7.14. The molecule has 0 bridgehead atoms. The Morgan fingerprint density at radius 1 is 1.88 bits per heavy atom. The highest BCUT2D eigenvalue weighted by molar-refractivity contribution is 8.17. The van der Waals surface area contributed by atoms with E-state index in [4.69, 9.17) is 10.7 Å². The minimum atomic E-state index is -0.292. The summed E-state index contributed by atoms with van der Waals surface area (Å²) in [5, 5.41) is 0. The van der Waals surface area contributed by atoms with Crippen molar-refractivity contribution in [3.05, 3.63) is 0 Å². The van der Waals surface area contributed by atoms with Crippen LogP contribution in [-0.2, 0) is 15.1 Å². The van der Waals surface area contributed by atoms with Crippen LogP contribution in [0.25, 0.3) is 0 Å². The summed E-state index contributed by atoms with van der Waals surface area (Å²) >= 11 is 0. The summed E-state index contributed by atoms with van der Waals surface area (Å²) in [6, 6.07) is 0. The molecule has 0 aromatic carbocycles. The van der Waals surface area contributed by atoms with Gasteiger partial charge in [-0.15, -0.1) is 4.31 Å². The lowest BCUT2D eigenvalue weighted by molar-refractivity contribution is -0.124. The van der Waals surface area contributed by atoms with Gasteiger partial charge in [0.05, 0.1) is 13.5 Å². The number of hydrogen-bond donors (Lipinski definition) is 0. The van der Waals surface area contributed by atoms with Crippen LogP contribution in [0.3, 0.4) is 0 Å². The number of nitrogens with zero attached hydrogens (tertiary/aromatic N) is 1. The molecule has 0 saturated carbocycles. The van der Waals surface area contributed by atoms with E-state index in [1.807, 2.05) is 0 Å². The largest absolute Gasteiger partial charge is 0.270 e. The first-order chi connectivity index (χ1) is 3.72. The maximum absolute atomic E-state index is 10.6. The van der Waals surface area contributed by atoms with Crippen molar-refractivity contribution in [3.63, 3.8) is 0 Å². The van der Waals surface area contributed by atoms with E-state index in [1.54, 1.807) is 11.4 Å². The quantitative estimate of drug-likeness (QED) is 0.464. The molecule has 2 nitrogen and oxygen atoms in total. The fourth-order valence-electron chi connectivity index (χ4n) is 0.576. The van der Waals surface area contributed by atoms with Crippen molar-refractivity contribution >= 4 is 26.9 Å². The molecular weight excluding hydrogens is 146 g/mol. The maximum Gasteiger partial charge on any atom is 0.269 e. The first-order valence-electron chi connectivity index (χ1n) is 2.35. The summed E-state index contributed by atoms with van der Waals surface area (Å²) in [4.78, 5) is 10.6. The van der Waals surface area contributed by atoms with Gasteiger partial charge in [0.1, 0.15) is 0 Å². The molecule has 1 atom stereocenters. The number of halogens is 1. The molecule has 1 saturated heterocycles. The standard InChI is InChI=1S/C4H7ClNOS/c1-6-4(7)2-3-8(6)5/h2-3H2,1H3/q+1. The molecule has 0 aromatic rings. The number of amides is 1. The summed E-state index contributed by atoms with van der Waals surface area (Å²) in [6.07, 6.45) is 0.628. The van der Waals surface area contributed by atoms with Crippen LogP contribution in [0.4, 0.5) is 0 Å². The molecule has 0 aromatic heterocycles. The van der Waals surface area contributed by atoms with E-state index in [2.05, 4.69) is 0 Å². The van der Waals surface area contributed by atoms with Crippen molar-refractivity contribution in [2.75, 3.05) is 12.8 Å². The lowest BCUT2D eigenvalue weighted by Gasteiger charge is -1.97. The lowest BCUT2D eigenvalue weighted by atomic mass is 10.5. The van der Waals surface area contributed by atoms with E-state index >= 15 is 0 Å². The van der Waals surface area contributed by atoms with Crippen LogP contribution in [0.2, 0.25) is 0 Å². The van der Waals surface area contributed by atoms with Gasteiger partial charge < -0.3 is 0 Å². The average Bonchev–Trinajstić information content (AvgIpc) is 1.98. The molecule has 1 fully saturated rings. The minimum absolute atomic E-state index is 0.170. The van der Waals surface area contributed by atoms with E-state index in [9.17, 15) is 4.79 Å². The minimum Gasteiger partial charge on any atom is -0.270 e. The van der Waals surface area contributed by atoms with Crippen LogP contribution in [0.5, 0.6) is 0 Å². The van der Waals surface area contributed by atoms with Gasteiger partial charge in [0, 0.05) is 0 Å². The predicted molar refractivity (Wildman–Crippen MR) is 35.5 cm³/mol. The molecule has 1 heterocycles. The number of hydrogen-bond acceptors (Lipinski definition) is 1. The van der Waals surface area contributed by atoms with Gasteiger partial charge in [-0.05, 0) is 0 Å². The van der Waals surface area contributed by atoms with Crippen molar-refractivity contribution in [2.45, 2.75) is 6.42 Å². The number of carbonyl (C=O) groups excluding carboxylic acids is 1. The molecule has 8 heavy (non-hydrogen) atoms. The SMILES string of the molecule is CN1C(=O)CC[S+]1Cl. The van der Waals surface area contributed by atoms with Gasteiger partial charge in [-0.25, -0.2) is 0 Å². The Kier molecular flexibility index (Phi) is 1.68. The molecule has 0 N–H and O–H groups in total. The van der Waals surface area contributed by atoms with E-state index in [0.29, 0.717) is 6.42 Å². The molecule has 1 rings (SSSR count). The van der Waals surface area contributed by atoms with Gasteiger partial charge in [-0.1, -0.05) is 0 Å². The molecule has 1 aliphatic heterocycles. The Hall–Kier alpha value is 0.110. The number of carbonyl (C=O) groups is 1. The molecule has 46 valence electrons. The Morgan fingerprint density at radius 3 is 2.62 bits per heavy atom. The zero-order chi connectivity index (χ0) is 6.15. The van der Waals surface area contributed by atoms with Crippen LogP contribution in [0.1, 0.15) is 6.42 Å². The van der Waals surface area contributed by atoms with Gasteiger partial charge in [-0.2, -0.15) is 0 Å². The maximum atomic E-state index is 10.6. The average molecular weight is 153 g/mol. The highest BCUT2D eigenvalue weighted by atomic mass is 35.7. The second-order valence-electron chi connectivity index (χ2n) is 1.65. The van der Waals surface area contributed by atoms with Gasteiger partial charge in [0.2, 0.25) is 21.0 Å². The summed E-state index contributed by atoms with van der Waals surface area (Å²) < 4.78 is 1.60. The first-order valence-corrected chi connectivity index (χ1v) is 4.53. The van der Waals surface area contributed by atoms with Crippen LogP contribution in [0, 0.1) is 0 Å². The molecule has 0 radical (unpaired) electrons. The highest BCUT2D eigenvalue weighted by Gasteiger charge is 2.36. The molecule has 1 unspecified atom stereocenters. The third kappa shape index (κ3) is 0.928. The van der Waals surface area contributed by atoms with Gasteiger partial charge in [0.15, 0.2) is 5.75 Å². The third-order valence-corrected chi connectivity index (χ3v) is 3.56. The monoisotopic (exact) mass is 152 g/mol. The van der Waals surface area contributed by atoms with Crippen molar-refractivity contribution < 1.29 is 4.79 Å². The Bertz CT molecular complexity index is 119. The van der Waals surface area contributed by atoms with E-state index < -0.39 is 0 Å². The Morgan fingerprint density at radius 2 is 2.50 bits per heavy atom. The van der Waals surface area contributed by atoms with E-state index in [0.717, 1.165) is 5.75 Å². The number of rotatable bonds is 0. The fraction of sp³-hybridized carbons (Fsp3) is 0.750. The van der Waals surface area contributed by atoms with Gasteiger partial charge in [-0.3, -0.25) is 4.79 Å². The summed E-state index contributed by atoms with van der Waals surface area (Å²) in [6.45, 7) is 0. The van der Waals surface area contributed by atoms with E-state index in [1.165, 1.54) is 0 Å². The zero-order valence-corrected chi connectivity index (χ0v) is 6.13. The normalized spacial score (nSPS) is 29.5. The fourth-order valence-corrected chi connectivity index (χ4v) is 1.97. The molecule has 0 spiro atoms. The van der Waals surface area contributed by atoms with Crippen molar-refractivity contribution in [1.29, 1.82) is 0 Å². The van der Waals surface area contributed by atoms with Gasteiger partial charge >= 0.3 is 0 Å². The zero-order valence-electron chi connectivity index (χ0n) is 4.56. The predicted octanol–water partition coefficient (Wildman–Crippen LogP) is 0.536. The molecule has 1 aliphatic rings. The first kappa shape index (κ1) is 6.23. The van der Waals surface area contributed by atoms with Crippen molar-refractivity contribution in [1.82, 2.24) is 4.31 Å². The second kappa shape index (κ2) is 2.15. The summed E-state index contributed by atoms with van der Waals surface area (Å²) in [5.74, 6) is 1.00. The van der Waals surface area contributed by atoms with Crippen molar-refractivity contribution in [3.8, 4) is 0 Å². The Labute approximate surface area is 55.8 Å². The molecule has 1 amide bonds. The van der Waals surface area contributed by atoms with Gasteiger partial charge in [0.25, 0.3) is 5.91 Å². The lowest BCUT2D eigenvalue weighted by Crippen LogP contribution is -2.20. The summed E-state index contributed by atoms with van der Waals surface area (Å²) in [5.41, 5.74) is 0. The van der Waals surface area contributed by atoms with Crippen LogP contribution < -0.4 is 0 Å². The second-order valence-corrected chi connectivity index (χ2v) is 4.29. The topological polar surface area (TPSA) is 20.3 Å². The van der Waals surface area contributed by atoms with Crippen LogP contribution in [0.15, 0.2) is 0 Å². The van der Waals surface area contributed by atoms with Crippen molar-refractivity contribution in [2.24, 2.45) is 0 Å². The van der Waals surface area contributed by atoms with Crippen LogP contribution in [-0.4, -0.2) is 23.0 Å². The van der Waals surface area contributed by atoms with E-state index in [-0.39, 0.29) is 16.2 Å². The Balaban J connectivity index is 2.56. The third-order valence-electron chi connectivity index (χ3n) is 1.13.